The van der Waals surface area contributed by atoms with Crippen LogP contribution in [0.4, 0.5) is 0 Å². The van der Waals surface area contributed by atoms with E-state index in [0.717, 1.165) is 32.0 Å². The summed E-state index contributed by atoms with van der Waals surface area (Å²) in [5.41, 5.74) is 2.32. The van der Waals surface area contributed by atoms with Gasteiger partial charge < -0.3 is 5.11 Å². The largest absolute Gasteiger partial charge is 0.379 e. The van der Waals surface area contributed by atoms with Crippen LogP contribution >= 0.6 is 11.8 Å². The Morgan fingerprint density at radius 2 is 1.25 bits per heavy atom. The molecule has 0 saturated heterocycles. The number of hydrogen-bond acceptors (Lipinski definition) is 3. The van der Waals surface area contributed by atoms with Gasteiger partial charge in [0.15, 0.2) is 0 Å². The molecule has 0 fully saturated rings. The van der Waals surface area contributed by atoms with Crippen LogP contribution in [-0.4, -0.2) is 15.6 Å². The van der Waals surface area contributed by atoms with Crippen molar-refractivity contribution in [3.05, 3.63) is 131 Å². The van der Waals surface area contributed by atoms with Gasteiger partial charge in [-0.3, -0.25) is 0 Å². The lowest BCUT2D eigenvalue weighted by Gasteiger charge is -2.37. The van der Waals surface area contributed by atoms with E-state index in [1.807, 2.05) is 122 Å². The predicted molar refractivity (Wildman–Crippen MR) is 134 cm³/mol. The van der Waals surface area contributed by atoms with Crippen molar-refractivity contribution in [2.24, 2.45) is 0 Å². The summed E-state index contributed by atoms with van der Waals surface area (Å²) in [6.45, 7) is 2.02. The van der Waals surface area contributed by atoms with Crippen molar-refractivity contribution in [2.75, 3.05) is 6.26 Å². The molecule has 0 aliphatic rings. The molecule has 2 nitrogen and oxygen atoms in total. The molecule has 4 rings (SSSR count). The minimum atomic E-state index is -1.36. The monoisotopic (exact) mass is 458 g/mol. The summed E-state index contributed by atoms with van der Waals surface area (Å²) in [4.78, 5) is 1.48. The smallest absolute Gasteiger partial charge is 0.130 e. The van der Waals surface area contributed by atoms with Crippen molar-refractivity contribution in [1.29, 1.82) is 0 Å². The fourth-order valence-electron chi connectivity index (χ4n) is 4.03. The van der Waals surface area contributed by atoms with Crippen LogP contribution in [0, 0.1) is 6.92 Å². The summed E-state index contributed by atoms with van der Waals surface area (Å²) in [6, 6.07) is 35.0. The van der Waals surface area contributed by atoms with E-state index in [2.05, 4.69) is 0 Å². The Hall–Kier alpha value is -2.66. The van der Waals surface area contributed by atoms with Gasteiger partial charge in [-0.1, -0.05) is 96.6 Å². The van der Waals surface area contributed by atoms with Crippen LogP contribution in [0.2, 0.25) is 0 Å². The molecule has 162 valence electrons. The quantitative estimate of drug-likeness (QED) is 0.343. The number of thioether (sulfide) groups is 1. The van der Waals surface area contributed by atoms with Gasteiger partial charge in [-0.15, -0.1) is 0 Å². The third-order valence-electron chi connectivity index (χ3n) is 5.68. The SMILES string of the molecule is CS[C@@H](c1ccccc1S(=O)c1ccc(C)cc1)C(O)(c1ccccc1)c1ccccc1. The molecule has 1 N–H and O–H groups in total. The van der Waals surface area contributed by atoms with Gasteiger partial charge in [0.05, 0.1) is 16.0 Å². The number of hydrogen-bond donors (Lipinski definition) is 1. The molecule has 0 bridgehead atoms. The molecule has 0 amide bonds. The highest BCUT2D eigenvalue weighted by Crippen LogP contribution is 2.49. The minimum Gasteiger partial charge on any atom is -0.379 e. The van der Waals surface area contributed by atoms with Crippen molar-refractivity contribution in [3.63, 3.8) is 0 Å². The lowest BCUT2D eigenvalue weighted by atomic mass is 9.81. The maximum Gasteiger partial charge on any atom is 0.130 e. The zero-order chi connectivity index (χ0) is 22.6. The summed E-state index contributed by atoms with van der Waals surface area (Å²) in [6.07, 6.45) is 1.99. The van der Waals surface area contributed by atoms with Crippen molar-refractivity contribution >= 4 is 22.6 Å². The highest BCUT2D eigenvalue weighted by Gasteiger charge is 2.42. The lowest BCUT2D eigenvalue weighted by Crippen LogP contribution is -2.34. The van der Waals surface area contributed by atoms with Crippen molar-refractivity contribution in [1.82, 2.24) is 0 Å². The number of aliphatic hydroxyl groups is 1. The van der Waals surface area contributed by atoms with Crippen LogP contribution in [0.1, 0.15) is 27.5 Å². The molecule has 4 heteroatoms. The first-order valence-electron chi connectivity index (χ1n) is 10.5. The van der Waals surface area contributed by atoms with Crippen LogP contribution in [-0.2, 0) is 16.4 Å². The van der Waals surface area contributed by atoms with Gasteiger partial charge in [0.25, 0.3) is 0 Å². The summed E-state index contributed by atoms with van der Waals surface area (Å²) in [7, 11) is -1.36. The Morgan fingerprint density at radius 1 is 0.750 bits per heavy atom. The van der Waals surface area contributed by atoms with Crippen LogP contribution in [0.3, 0.4) is 0 Å². The number of rotatable bonds is 7. The van der Waals surface area contributed by atoms with Crippen molar-refractivity contribution in [2.45, 2.75) is 27.6 Å². The fraction of sp³-hybridized carbons (Fsp3) is 0.143. The van der Waals surface area contributed by atoms with E-state index in [1.165, 1.54) is 0 Å². The second-order valence-corrected chi connectivity index (χ2v) is 10.1. The fourth-order valence-corrected chi connectivity index (χ4v) is 6.42. The Bertz CT molecular complexity index is 1150. The molecule has 0 heterocycles. The van der Waals surface area contributed by atoms with Gasteiger partial charge in [-0.2, -0.15) is 11.8 Å². The minimum absolute atomic E-state index is 0.363. The Balaban J connectivity index is 1.89. The van der Waals surface area contributed by atoms with Gasteiger partial charge in [-0.05, 0) is 48.1 Å². The first kappa shape index (κ1) is 22.5. The molecule has 0 aliphatic heterocycles. The average Bonchev–Trinajstić information content (AvgIpc) is 2.86. The van der Waals surface area contributed by atoms with Gasteiger partial charge in [0.1, 0.15) is 5.60 Å². The molecule has 0 spiro atoms. The van der Waals surface area contributed by atoms with E-state index < -0.39 is 16.4 Å². The van der Waals surface area contributed by atoms with E-state index in [1.54, 1.807) is 11.8 Å². The van der Waals surface area contributed by atoms with Gasteiger partial charge >= 0.3 is 0 Å². The highest BCUT2D eigenvalue weighted by molar-refractivity contribution is 7.99. The average molecular weight is 459 g/mol. The molecule has 1 unspecified atom stereocenters. The number of aryl methyl sites for hydroxylation is 1. The van der Waals surface area contributed by atoms with Crippen LogP contribution < -0.4 is 0 Å². The van der Waals surface area contributed by atoms with E-state index >= 15 is 0 Å². The van der Waals surface area contributed by atoms with Gasteiger partial charge in [-0.25, -0.2) is 4.21 Å². The Labute approximate surface area is 196 Å². The molecule has 4 aromatic carbocycles. The van der Waals surface area contributed by atoms with E-state index in [-0.39, 0.29) is 5.25 Å². The standard InChI is InChI=1S/C28H26O2S2/c1-21-17-19-24(20-18-21)32(30)26-16-10-9-15-25(26)27(31-2)28(29,22-11-5-3-6-12-22)23-13-7-4-8-14-23/h3-20,27,29H,1-2H3/t27-,32?/m0/s1. The Kier molecular flexibility index (Phi) is 6.95. The third-order valence-corrected chi connectivity index (χ3v) is 8.22. The zero-order valence-electron chi connectivity index (χ0n) is 18.1. The molecular formula is C28H26O2S2. The summed E-state index contributed by atoms with van der Waals surface area (Å²) < 4.78 is 13.6. The summed E-state index contributed by atoms with van der Waals surface area (Å²) in [5, 5.41) is 12.0. The topological polar surface area (TPSA) is 37.3 Å². The molecule has 4 aromatic rings. The molecule has 0 aliphatic carbocycles. The summed E-state index contributed by atoms with van der Waals surface area (Å²) >= 11 is 1.56. The molecule has 32 heavy (non-hydrogen) atoms. The van der Waals surface area contributed by atoms with Crippen molar-refractivity contribution < 1.29 is 9.32 Å². The maximum absolute atomic E-state index is 13.6. The van der Waals surface area contributed by atoms with Gasteiger partial charge in [0.2, 0.25) is 0 Å². The molecular weight excluding hydrogens is 432 g/mol. The molecule has 2 atom stereocenters. The molecule has 0 saturated carbocycles. The van der Waals surface area contributed by atoms with Crippen molar-refractivity contribution in [3.8, 4) is 0 Å². The van der Waals surface area contributed by atoms with E-state index in [0.29, 0.717) is 0 Å². The van der Waals surface area contributed by atoms with Crippen LogP contribution in [0.15, 0.2) is 119 Å². The predicted octanol–water partition coefficient (Wildman–Crippen LogP) is 6.50. The first-order valence-corrected chi connectivity index (χ1v) is 12.9. The first-order chi connectivity index (χ1) is 15.6. The summed E-state index contributed by atoms with van der Waals surface area (Å²) in [5.74, 6) is 0. The second-order valence-electron chi connectivity index (χ2n) is 7.73. The second kappa shape index (κ2) is 9.86. The van der Waals surface area contributed by atoms with E-state index in [4.69, 9.17) is 0 Å². The molecule has 0 radical (unpaired) electrons. The molecule has 0 aromatic heterocycles. The Morgan fingerprint density at radius 3 is 1.78 bits per heavy atom. The lowest BCUT2D eigenvalue weighted by molar-refractivity contribution is 0.0771. The third kappa shape index (κ3) is 4.31. The normalized spacial score (nSPS) is 13.5. The number of benzene rings is 4. The van der Waals surface area contributed by atoms with E-state index in [9.17, 15) is 9.32 Å². The van der Waals surface area contributed by atoms with Crippen LogP contribution in [0.25, 0.3) is 0 Å². The maximum atomic E-state index is 13.6. The van der Waals surface area contributed by atoms with Crippen LogP contribution in [0.5, 0.6) is 0 Å². The zero-order valence-corrected chi connectivity index (χ0v) is 19.8. The van der Waals surface area contributed by atoms with Gasteiger partial charge in [0, 0.05) is 9.79 Å². The highest BCUT2D eigenvalue weighted by atomic mass is 32.2.